The van der Waals surface area contributed by atoms with E-state index in [1.807, 2.05) is 0 Å². The van der Waals surface area contributed by atoms with E-state index in [9.17, 15) is 32.9 Å². The lowest BCUT2D eigenvalue weighted by molar-refractivity contribution is -0.384. The lowest BCUT2D eigenvalue weighted by atomic mass is 10.1. The minimum atomic E-state index is -4.68. The van der Waals surface area contributed by atoms with Crippen molar-refractivity contribution in [1.82, 2.24) is 4.90 Å². The van der Waals surface area contributed by atoms with Crippen molar-refractivity contribution in [2.75, 3.05) is 31.1 Å². The zero-order valence-electron chi connectivity index (χ0n) is 14.0. The van der Waals surface area contributed by atoms with E-state index in [2.05, 4.69) is 0 Å². The molecule has 2 unspecified atom stereocenters. The van der Waals surface area contributed by atoms with E-state index < -0.39 is 40.2 Å². The number of piperazine rings is 1. The standard InChI is InChI=1S/C16H16F3N3O5/c17-16(18,19)9-1-2-12(13(7-9)22(26)27)20-3-5-21(6-4-20)14(23)10-8-11(10)15(24)25/h1-2,7,10-11H,3-6,8H2,(H,24,25). The quantitative estimate of drug-likeness (QED) is 0.626. The largest absolute Gasteiger partial charge is 0.481 e. The lowest BCUT2D eigenvalue weighted by Gasteiger charge is -2.36. The number of carboxylic acids is 1. The van der Waals surface area contributed by atoms with Crippen LogP contribution in [0.1, 0.15) is 12.0 Å². The molecule has 1 saturated carbocycles. The monoisotopic (exact) mass is 387 g/mol. The number of hydrogen-bond donors (Lipinski definition) is 1. The predicted molar refractivity (Wildman–Crippen MR) is 86.1 cm³/mol. The Morgan fingerprint density at radius 3 is 2.26 bits per heavy atom. The van der Waals surface area contributed by atoms with Gasteiger partial charge in [-0.25, -0.2) is 0 Å². The SMILES string of the molecule is O=C(O)C1CC1C(=O)N1CCN(c2ccc(C(F)(F)F)cc2[N+](=O)[O-])CC1. The summed E-state index contributed by atoms with van der Waals surface area (Å²) in [5.74, 6) is -2.46. The van der Waals surface area contributed by atoms with Gasteiger partial charge in [-0.3, -0.25) is 19.7 Å². The van der Waals surface area contributed by atoms with E-state index in [4.69, 9.17) is 5.11 Å². The van der Waals surface area contributed by atoms with Crippen molar-refractivity contribution in [3.63, 3.8) is 0 Å². The van der Waals surface area contributed by atoms with Crippen LogP contribution in [0.15, 0.2) is 18.2 Å². The fourth-order valence-electron chi connectivity index (χ4n) is 3.26. The number of nitro benzene ring substituents is 1. The maximum atomic E-state index is 12.8. The van der Waals surface area contributed by atoms with E-state index in [1.54, 1.807) is 4.90 Å². The molecule has 1 aliphatic carbocycles. The van der Waals surface area contributed by atoms with Crippen LogP contribution in [0, 0.1) is 22.0 Å². The number of carbonyl (C=O) groups is 2. The molecule has 1 aromatic rings. The number of nitro groups is 1. The van der Waals surface area contributed by atoms with Crippen LogP contribution in [0.3, 0.4) is 0 Å². The topological polar surface area (TPSA) is 104 Å². The first-order valence-corrected chi connectivity index (χ1v) is 8.21. The average Bonchev–Trinajstić information content (AvgIpc) is 3.41. The van der Waals surface area contributed by atoms with Gasteiger partial charge in [-0.15, -0.1) is 0 Å². The predicted octanol–water partition coefficient (Wildman–Crippen LogP) is 1.98. The van der Waals surface area contributed by atoms with Crippen LogP contribution in [0.2, 0.25) is 0 Å². The van der Waals surface area contributed by atoms with Gasteiger partial charge in [-0.2, -0.15) is 13.2 Å². The molecule has 1 amide bonds. The Kier molecular flexibility index (Phi) is 4.70. The number of carboxylic acid groups (broad SMARTS) is 1. The van der Waals surface area contributed by atoms with Crippen LogP contribution in [-0.4, -0.2) is 53.0 Å². The third-order valence-electron chi connectivity index (χ3n) is 4.86. The van der Waals surface area contributed by atoms with Crippen LogP contribution in [0.25, 0.3) is 0 Å². The molecule has 0 spiro atoms. The molecule has 8 nitrogen and oxygen atoms in total. The van der Waals surface area contributed by atoms with Crippen LogP contribution in [0.5, 0.6) is 0 Å². The molecule has 0 bridgehead atoms. The molecular weight excluding hydrogens is 371 g/mol. The van der Waals surface area contributed by atoms with Gasteiger partial charge in [0.15, 0.2) is 0 Å². The number of nitrogens with zero attached hydrogens (tertiary/aromatic N) is 3. The third kappa shape index (κ3) is 3.81. The maximum absolute atomic E-state index is 12.8. The minimum Gasteiger partial charge on any atom is -0.481 e. The van der Waals surface area contributed by atoms with Gasteiger partial charge in [-0.1, -0.05) is 0 Å². The number of hydrogen-bond acceptors (Lipinski definition) is 5. The molecule has 1 saturated heterocycles. The minimum absolute atomic E-state index is 0.0648. The number of benzene rings is 1. The second-order valence-corrected chi connectivity index (χ2v) is 6.56. The molecule has 1 heterocycles. The molecule has 3 rings (SSSR count). The van der Waals surface area contributed by atoms with E-state index in [0.717, 1.165) is 12.1 Å². The third-order valence-corrected chi connectivity index (χ3v) is 4.86. The fourth-order valence-corrected chi connectivity index (χ4v) is 3.26. The number of aliphatic carboxylic acids is 1. The van der Waals surface area contributed by atoms with Gasteiger partial charge in [0.05, 0.1) is 22.3 Å². The van der Waals surface area contributed by atoms with Gasteiger partial charge in [0.2, 0.25) is 5.91 Å². The Balaban J connectivity index is 1.70. The van der Waals surface area contributed by atoms with Gasteiger partial charge >= 0.3 is 12.1 Å². The van der Waals surface area contributed by atoms with E-state index in [0.29, 0.717) is 12.5 Å². The molecule has 1 N–H and O–H groups in total. The summed E-state index contributed by atoms with van der Waals surface area (Å²) < 4.78 is 38.4. The van der Waals surface area contributed by atoms with Crippen molar-refractivity contribution in [3.8, 4) is 0 Å². The highest BCUT2D eigenvalue weighted by atomic mass is 19.4. The Morgan fingerprint density at radius 1 is 1.15 bits per heavy atom. The van der Waals surface area contributed by atoms with Crippen molar-refractivity contribution in [2.45, 2.75) is 12.6 Å². The van der Waals surface area contributed by atoms with E-state index in [1.165, 1.54) is 4.90 Å². The molecule has 146 valence electrons. The van der Waals surface area contributed by atoms with Gasteiger partial charge in [0, 0.05) is 32.2 Å². The number of amides is 1. The fraction of sp³-hybridized carbons (Fsp3) is 0.500. The first-order chi connectivity index (χ1) is 12.6. The highest BCUT2D eigenvalue weighted by molar-refractivity contribution is 5.89. The number of alkyl halides is 3. The molecule has 2 atom stereocenters. The highest BCUT2D eigenvalue weighted by Crippen LogP contribution is 2.41. The van der Waals surface area contributed by atoms with E-state index >= 15 is 0 Å². The molecular formula is C16H16F3N3O5. The van der Waals surface area contributed by atoms with Crippen LogP contribution < -0.4 is 4.90 Å². The molecule has 2 fully saturated rings. The summed E-state index contributed by atoms with van der Waals surface area (Å²) in [5, 5.41) is 20.1. The van der Waals surface area contributed by atoms with Crippen LogP contribution >= 0.6 is 0 Å². The van der Waals surface area contributed by atoms with Crippen LogP contribution in [-0.2, 0) is 15.8 Å². The maximum Gasteiger partial charge on any atom is 0.416 e. The zero-order valence-corrected chi connectivity index (χ0v) is 14.0. The Hall–Kier alpha value is -2.85. The number of carbonyl (C=O) groups excluding carboxylic acids is 1. The van der Waals surface area contributed by atoms with Crippen molar-refractivity contribution < 1.29 is 32.8 Å². The van der Waals surface area contributed by atoms with Crippen molar-refractivity contribution in [1.29, 1.82) is 0 Å². The Labute approximate surface area is 151 Å². The van der Waals surface area contributed by atoms with Gasteiger partial charge in [0.1, 0.15) is 5.69 Å². The van der Waals surface area contributed by atoms with Gasteiger partial charge in [0.25, 0.3) is 5.69 Å². The normalized spacial score (nSPS) is 22.5. The van der Waals surface area contributed by atoms with Crippen molar-refractivity contribution in [2.24, 2.45) is 11.8 Å². The summed E-state index contributed by atoms with van der Waals surface area (Å²) in [6.07, 6.45) is -4.38. The first kappa shape index (κ1) is 18.9. The van der Waals surface area contributed by atoms with E-state index in [-0.39, 0.29) is 37.8 Å². The summed E-state index contributed by atoms with van der Waals surface area (Å²) in [6, 6.07) is 2.37. The highest BCUT2D eigenvalue weighted by Gasteiger charge is 2.50. The molecule has 11 heteroatoms. The van der Waals surface area contributed by atoms with Gasteiger partial charge in [-0.05, 0) is 18.6 Å². The second kappa shape index (κ2) is 6.71. The summed E-state index contributed by atoms with van der Waals surface area (Å²) in [6.45, 7) is 0.866. The number of anilines is 1. The molecule has 0 aromatic heterocycles. The zero-order chi connectivity index (χ0) is 19.9. The average molecular weight is 387 g/mol. The lowest BCUT2D eigenvalue weighted by Crippen LogP contribution is -2.49. The van der Waals surface area contributed by atoms with Crippen molar-refractivity contribution >= 4 is 23.3 Å². The molecule has 2 aliphatic rings. The summed E-state index contributed by atoms with van der Waals surface area (Å²) in [4.78, 5) is 36.5. The Morgan fingerprint density at radius 2 is 1.78 bits per heavy atom. The van der Waals surface area contributed by atoms with Crippen molar-refractivity contribution in [3.05, 3.63) is 33.9 Å². The van der Waals surface area contributed by atoms with Gasteiger partial charge < -0.3 is 14.9 Å². The molecule has 27 heavy (non-hydrogen) atoms. The molecule has 0 radical (unpaired) electrons. The number of rotatable bonds is 4. The first-order valence-electron chi connectivity index (χ1n) is 8.21. The number of halogens is 3. The molecule has 1 aromatic carbocycles. The second-order valence-electron chi connectivity index (χ2n) is 6.56. The summed E-state index contributed by atoms with van der Waals surface area (Å²) >= 11 is 0. The summed E-state index contributed by atoms with van der Waals surface area (Å²) in [7, 11) is 0. The van der Waals surface area contributed by atoms with Crippen LogP contribution in [0.4, 0.5) is 24.5 Å². The molecule has 1 aliphatic heterocycles. The Bertz CT molecular complexity index is 790. The smallest absolute Gasteiger partial charge is 0.416 e. The summed E-state index contributed by atoms with van der Waals surface area (Å²) in [5.41, 5.74) is -1.67.